The first-order chi connectivity index (χ1) is 12.6. The van der Waals surface area contributed by atoms with Gasteiger partial charge in [-0.05, 0) is 43.0 Å². The molecule has 1 N–H and O–H groups in total. The Balaban J connectivity index is 1.72. The van der Waals surface area contributed by atoms with Gasteiger partial charge in [0.25, 0.3) is 5.91 Å². The van der Waals surface area contributed by atoms with Crippen LogP contribution in [0.25, 0.3) is 0 Å². The SMILES string of the molecule is COc1cccc(OC)c1C(=O)Nc1ccc(N2CCC(C)CC2)cn1. The lowest BCUT2D eigenvalue weighted by atomic mass is 9.99. The molecule has 26 heavy (non-hydrogen) atoms. The van der Waals surface area contributed by atoms with Crippen LogP contribution >= 0.6 is 0 Å². The molecule has 0 unspecified atom stereocenters. The molecule has 6 heteroatoms. The van der Waals surface area contributed by atoms with Crippen LogP contribution in [0.1, 0.15) is 30.1 Å². The molecule has 6 nitrogen and oxygen atoms in total. The van der Waals surface area contributed by atoms with Gasteiger partial charge in [0.15, 0.2) is 0 Å². The first kappa shape index (κ1) is 18.0. The average molecular weight is 355 g/mol. The molecule has 1 aliphatic heterocycles. The normalized spacial score (nSPS) is 14.8. The molecular formula is C20H25N3O3. The molecule has 1 aliphatic rings. The minimum Gasteiger partial charge on any atom is -0.496 e. The molecule has 2 aromatic rings. The first-order valence-electron chi connectivity index (χ1n) is 8.85. The molecule has 0 spiro atoms. The predicted molar refractivity (Wildman–Crippen MR) is 102 cm³/mol. The van der Waals surface area contributed by atoms with Gasteiger partial charge >= 0.3 is 0 Å². The number of pyridine rings is 1. The van der Waals surface area contributed by atoms with Crippen molar-refractivity contribution in [3.8, 4) is 11.5 Å². The lowest BCUT2D eigenvalue weighted by Gasteiger charge is -2.31. The molecule has 1 aromatic heterocycles. The summed E-state index contributed by atoms with van der Waals surface area (Å²) in [7, 11) is 3.05. The van der Waals surface area contributed by atoms with Crippen molar-refractivity contribution in [3.63, 3.8) is 0 Å². The Kier molecular flexibility index (Phi) is 5.61. The fourth-order valence-electron chi connectivity index (χ4n) is 3.17. The van der Waals surface area contributed by atoms with Gasteiger partial charge in [0.2, 0.25) is 0 Å². The summed E-state index contributed by atoms with van der Waals surface area (Å²) in [6, 6.07) is 9.06. The van der Waals surface area contributed by atoms with Gasteiger partial charge in [0.1, 0.15) is 22.9 Å². The minimum atomic E-state index is -0.314. The number of hydrogen-bond donors (Lipinski definition) is 1. The number of nitrogens with zero attached hydrogens (tertiary/aromatic N) is 2. The van der Waals surface area contributed by atoms with Crippen LogP contribution in [0, 0.1) is 5.92 Å². The van der Waals surface area contributed by atoms with E-state index in [0.29, 0.717) is 22.9 Å². The molecule has 1 saturated heterocycles. The summed E-state index contributed by atoms with van der Waals surface area (Å²) in [5, 5.41) is 2.82. The number of benzene rings is 1. The number of carbonyl (C=O) groups excluding carboxylic acids is 1. The number of methoxy groups -OCH3 is 2. The third-order valence-electron chi connectivity index (χ3n) is 4.79. The quantitative estimate of drug-likeness (QED) is 0.888. The summed E-state index contributed by atoms with van der Waals surface area (Å²) < 4.78 is 10.6. The van der Waals surface area contributed by atoms with Crippen molar-refractivity contribution in [1.82, 2.24) is 4.98 Å². The number of amides is 1. The smallest absolute Gasteiger partial charge is 0.264 e. The molecule has 0 saturated carbocycles. The van der Waals surface area contributed by atoms with Crippen LogP contribution in [0.4, 0.5) is 11.5 Å². The zero-order valence-electron chi connectivity index (χ0n) is 15.5. The standard InChI is InChI=1S/C20H25N3O3/c1-14-9-11-23(12-10-14)15-7-8-18(21-13-15)22-20(24)19-16(25-2)5-4-6-17(19)26-3/h4-8,13-14H,9-12H2,1-3H3,(H,21,22,24). The molecule has 138 valence electrons. The monoisotopic (exact) mass is 355 g/mol. The van der Waals surface area contributed by atoms with E-state index >= 15 is 0 Å². The molecular weight excluding hydrogens is 330 g/mol. The number of nitrogens with one attached hydrogen (secondary N) is 1. The van der Waals surface area contributed by atoms with Gasteiger partial charge in [-0.15, -0.1) is 0 Å². The highest BCUT2D eigenvalue weighted by molar-refractivity contribution is 6.07. The van der Waals surface area contributed by atoms with Gasteiger partial charge in [-0.3, -0.25) is 4.79 Å². The second-order valence-corrected chi connectivity index (χ2v) is 6.56. The van der Waals surface area contributed by atoms with Crippen molar-refractivity contribution in [1.29, 1.82) is 0 Å². The first-order valence-corrected chi connectivity index (χ1v) is 8.85. The summed E-state index contributed by atoms with van der Waals surface area (Å²) in [6.07, 6.45) is 4.21. The fraction of sp³-hybridized carbons (Fsp3) is 0.400. The number of hydrogen-bond acceptors (Lipinski definition) is 5. The maximum Gasteiger partial charge on any atom is 0.264 e. The third kappa shape index (κ3) is 3.90. The van der Waals surface area contributed by atoms with Crippen molar-refractivity contribution in [2.75, 3.05) is 37.5 Å². The molecule has 0 aliphatic carbocycles. The van der Waals surface area contributed by atoms with Crippen LogP contribution in [0.15, 0.2) is 36.5 Å². The second kappa shape index (κ2) is 8.08. The zero-order valence-corrected chi connectivity index (χ0v) is 15.5. The number of carbonyl (C=O) groups is 1. The van der Waals surface area contributed by atoms with Gasteiger partial charge in [-0.25, -0.2) is 4.98 Å². The summed E-state index contributed by atoms with van der Waals surface area (Å²) in [5.74, 6) is 1.89. The van der Waals surface area contributed by atoms with Gasteiger partial charge in [-0.1, -0.05) is 13.0 Å². The molecule has 0 atom stereocenters. The van der Waals surface area contributed by atoms with E-state index in [-0.39, 0.29) is 5.91 Å². The summed E-state index contributed by atoms with van der Waals surface area (Å²) in [5.41, 5.74) is 1.44. The van der Waals surface area contributed by atoms with Crippen LogP contribution in [0.2, 0.25) is 0 Å². The van der Waals surface area contributed by atoms with E-state index in [2.05, 4.69) is 22.1 Å². The van der Waals surface area contributed by atoms with E-state index in [1.165, 1.54) is 27.1 Å². The van der Waals surface area contributed by atoms with Crippen LogP contribution < -0.4 is 19.7 Å². The Morgan fingerprint density at radius 1 is 1.12 bits per heavy atom. The Labute approximate surface area is 154 Å². The van der Waals surface area contributed by atoms with E-state index in [0.717, 1.165) is 24.7 Å². The van der Waals surface area contributed by atoms with Crippen LogP contribution in [-0.4, -0.2) is 38.2 Å². The Bertz CT molecular complexity index is 731. The van der Waals surface area contributed by atoms with E-state index in [4.69, 9.17) is 9.47 Å². The molecule has 1 aromatic carbocycles. The number of rotatable bonds is 5. The molecule has 1 fully saturated rings. The lowest BCUT2D eigenvalue weighted by molar-refractivity contribution is 0.102. The van der Waals surface area contributed by atoms with E-state index in [1.54, 1.807) is 18.2 Å². The van der Waals surface area contributed by atoms with Crippen molar-refractivity contribution in [2.45, 2.75) is 19.8 Å². The maximum absolute atomic E-state index is 12.7. The van der Waals surface area contributed by atoms with E-state index in [1.807, 2.05) is 18.3 Å². The van der Waals surface area contributed by atoms with Crippen molar-refractivity contribution >= 4 is 17.4 Å². The topological polar surface area (TPSA) is 63.7 Å². The van der Waals surface area contributed by atoms with Gasteiger partial charge in [-0.2, -0.15) is 0 Å². The van der Waals surface area contributed by atoms with Crippen molar-refractivity contribution in [3.05, 3.63) is 42.1 Å². The highest BCUT2D eigenvalue weighted by Crippen LogP contribution is 2.29. The Morgan fingerprint density at radius 2 is 1.77 bits per heavy atom. The second-order valence-electron chi connectivity index (χ2n) is 6.56. The molecule has 0 radical (unpaired) electrons. The lowest BCUT2D eigenvalue weighted by Crippen LogP contribution is -2.32. The third-order valence-corrected chi connectivity index (χ3v) is 4.79. The zero-order chi connectivity index (χ0) is 18.5. The van der Waals surface area contributed by atoms with Gasteiger partial charge in [0, 0.05) is 13.1 Å². The summed E-state index contributed by atoms with van der Waals surface area (Å²) in [4.78, 5) is 19.4. The van der Waals surface area contributed by atoms with Crippen LogP contribution in [0.5, 0.6) is 11.5 Å². The molecule has 2 heterocycles. The van der Waals surface area contributed by atoms with Gasteiger partial charge in [0.05, 0.1) is 26.1 Å². The number of anilines is 2. The maximum atomic E-state index is 12.7. The Morgan fingerprint density at radius 3 is 2.31 bits per heavy atom. The Hall–Kier alpha value is -2.76. The highest BCUT2D eigenvalue weighted by Gasteiger charge is 2.19. The number of ether oxygens (including phenoxy) is 2. The minimum absolute atomic E-state index is 0.314. The van der Waals surface area contributed by atoms with E-state index < -0.39 is 0 Å². The largest absolute Gasteiger partial charge is 0.496 e. The number of aromatic nitrogens is 1. The predicted octanol–water partition coefficient (Wildman–Crippen LogP) is 3.59. The molecule has 0 bridgehead atoms. The van der Waals surface area contributed by atoms with Crippen LogP contribution in [0.3, 0.4) is 0 Å². The van der Waals surface area contributed by atoms with Gasteiger partial charge < -0.3 is 19.7 Å². The fourth-order valence-corrected chi connectivity index (χ4v) is 3.17. The van der Waals surface area contributed by atoms with E-state index in [9.17, 15) is 4.79 Å². The average Bonchev–Trinajstić information content (AvgIpc) is 2.68. The molecule has 1 amide bonds. The number of piperidine rings is 1. The summed E-state index contributed by atoms with van der Waals surface area (Å²) in [6.45, 7) is 4.39. The van der Waals surface area contributed by atoms with Crippen LogP contribution in [-0.2, 0) is 0 Å². The summed E-state index contributed by atoms with van der Waals surface area (Å²) >= 11 is 0. The molecule has 3 rings (SSSR count). The van der Waals surface area contributed by atoms with Crippen molar-refractivity contribution < 1.29 is 14.3 Å². The highest BCUT2D eigenvalue weighted by atomic mass is 16.5. The van der Waals surface area contributed by atoms with Crippen molar-refractivity contribution in [2.24, 2.45) is 5.92 Å².